The molecule has 0 radical (unpaired) electrons. The highest BCUT2D eigenvalue weighted by Crippen LogP contribution is 2.32. The Bertz CT molecular complexity index is 1250. The van der Waals surface area contributed by atoms with E-state index in [-0.39, 0.29) is 0 Å². The zero-order chi connectivity index (χ0) is 18.2. The lowest BCUT2D eigenvalue weighted by Crippen LogP contribution is -2.53. The summed E-state index contributed by atoms with van der Waals surface area (Å²) in [5.41, 5.74) is 1.39. The second kappa shape index (κ2) is 4.96. The van der Waals surface area contributed by atoms with Crippen LogP contribution in [0.5, 0.6) is 0 Å². The van der Waals surface area contributed by atoms with E-state index < -0.39 is 7.71 Å². The zero-order valence-corrected chi connectivity index (χ0v) is 15.8. The Labute approximate surface area is 158 Å². The Morgan fingerprint density at radius 1 is 0.630 bits per heavy atom. The van der Waals surface area contributed by atoms with Gasteiger partial charge in [-0.3, -0.25) is 0 Å². The van der Waals surface area contributed by atoms with Gasteiger partial charge in [-0.2, -0.15) is 0 Å². The number of amidine groups is 4. The lowest BCUT2D eigenvalue weighted by Gasteiger charge is -2.26. The van der Waals surface area contributed by atoms with Crippen LogP contribution in [0.4, 0.5) is 11.6 Å². The predicted molar refractivity (Wildman–Crippen MR) is 107 cm³/mol. The van der Waals surface area contributed by atoms with Gasteiger partial charge in [-0.15, -0.1) is 11.1 Å². The molecule has 0 spiro atoms. The van der Waals surface area contributed by atoms with Gasteiger partial charge < -0.3 is 8.47 Å². The molecule has 1 unspecified atom stereocenters. The maximum Gasteiger partial charge on any atom is 0.376 e. The van der Waals surface area contributed by atoms with Crippen molar-refractivity contribution in [2.75, 3.05) is 0 Å². The molecule has 8 nitrogen and oxygen atoms in total. The second-order valence-corrected chi connectivity index (χ2v) is 11.3. The monoisotopic (exact) mass is 390 g/mol. The van der Waals surface area contributed by atoms with Gasteiger partial charge in [0.05, 0.1) is 0 Å². The molecule has 0 aliphatic carbocycles. The van der Waals surface area contributed by atoms with E-state index in [0.717, 1.165) is 0 Å². The van der Waals surface area contributed by atoms with E-state index >= 15 is 0 Å². The maximum atomic E-state index is 7.28. The molecular weight excluding hydrogens is 380 g/mol. The third-order valence-corrected chi connectivity index (χ3v) is 8.20. The zero-order valence-electron chi connectivity index (χ0n) is 14.1. The van der Waals surface area contributed by atoms with Gasteiger partial charge >= 0.3 is 7.71 Å². The summed E-state index contributed by atoms with van der Waals surface area (Å²) in [7, 11) is -2.90. The average Bonchev–Trinajstić information content (AvgIpc) is 3.38. The number of nitrogens with zero attached hydrogens (tertiary/aromatic N) is 8. The van der Waals surface area contributed by atoms with E-state index in [2.05, 4.69) is 30.0 Å². The van der Waals surface area contributed by atoms with Crippen LogP contribution in [-0.4, -0.2) is 39.5 Å². The minimum atomic E-state index is -2.90. The molecule has 4 aliphatic rings. The molecule has 6 bridgehead atoms. The molecular formula is C17H11ClN8Si. The van der Waals surface area contributed by atoms with Crippen molar-refractivity contribution in [1.29, 1.82) is 0 Å². The second-order valence-electron chi connectivity index (χ2n) is 6.45. The molecule has 4 aliphatic heterocycles. The molecule has 0 saturated heterocycles. The minimum Gasteiger partial charge on any atom is -0.307 e. The molecule has 0 N–H and O–H groups in total. The summed E-state index contributed by atoms with van der Waals surface area (Å²) < 4.78 is 3.96. The summed E-state index contributed by atoms with van der Waals surface area (Å²) in [4.78, 5) is 27.7. The van der Waals surface area contributed by atoms with Crippen molar-refractivity contribution in [3.8, 4) is 0 Å². The van der Waals surface area contributed by atoms with E-state index in [1.165, 1.54) is 0 Å². The molecule has 27 heavy (non-hydrogen) atoms. The quantitative estimate of drug-likeness (QED) is 0.485. The van der Waals surface area contributed by atoms with Crippen LogP contribution in [0.1, 0.15) is 0 Å². The molecule has 0 amide bonds. The van der Waals surface area contributed by atoms with Gasteiger partial charge in [0.2, 0.25) is 0 Å². The largest absolute Gasteiger partial charge is 0.376 e. The molecule has 10 heteroatoms. The van der Waals surface area contributed by atoms with Crippen LogP contribution in [0.25, 0.3) is 0 Å². The van der Waals surface area contributed by atoms with E-state index in [9.17, 15) is 0 Å². The van der Waals surface area contributed by atoms with Crippen LogP contribution in [0, 0.1) is 0 Å². The first kappa shape index (κ1) is 14.9. The van der Waals surface area contributed by atoms with Crippen molar-refractivity contribution in [3.63, 3.8) is 0 Å². The number of aliphatic imine (C=N–C) groups is 4. The predicted octanol–water partition coefficient (Wildman–Crippen LogP) is 1.76. The number of fused-ring (bicyclic) bond motifs is 2. The van der Waals surface area contributed by atoms with Crippen LogP contribution < -0.4 is 11.0 Å². The molecule has 6 heterocycles. The first-order chi connectivity index (χ1) is 13.1. The van der Waals surface area contributed by atoms with Crippen molar-refractivity contribution in [2.45, 2.75) is 6.55 Å². The lowest BCUT2D eigenvalue weighted by atomic mass is 10.5. The Balaban J connectivity index is 1.86. The van der Waals surface area contributed by atoms with Gasteiger partial charge in [-0.1, -0.05) is 0 Å². The number of halogens is 1. The first-order valence-corrected chi connectivity index (χ1v) is 11.8. The van der Waals surface area contributed by atoms with Crippen molar-refractivity contribution in [3.05, 3.63) is 59.5 Å². The highest BCUT2D eigenvalue weighted by molar-refractivity contribution is 7.18. The fourth-order valence-corrected chi connectivity index (χ4v) is 6.93. The fourth-order valence-electron chi connectivity index (χ4n) is 3.52. The molecule has 130 valence electrons. The summed E-state index contributed by atoms with van der Waals surface area (Å²) >= 11 is 7.28. The van der Waals surface area contributed by atoms with Crippen molar-refractivity contribution < 1.29 is 0 Å². The van der Waals surface area contributed by atoms with Crippen LogP contribution in [0.3, 0.4) is 0 Å². The van der Waals surface area contributed by atoms with Crippen LogP contribution in [0.15, 0.2) is 78.5 Å². The molecule has 0 aromatic carbocycles. The minimum absolute atomic E-state index is 0.590. The Morgan fingerprint density at radius 2 is 1.07 bits per heavy atom. The first-order valence-electron chi connectivity index (χ1n) is 8.36. The van der Waals surface area contributed by atoms with Gasteiger partial charge in [0.15, 0.2) is 23.3 Å². The third kappa shape index (κ3) is 2.09. The van der Waals surface area contributed by atoms with Crippen LogP contribution in [0.2, 0.25) is 6.55 Å². The topological polar surface area (TPSA) is 84.0 Å². The smallest absolute Gasteiger partial charge is 0.307 e. The van der Waals surface area contributed by atoms with Crippen LogP contribution >= 0.6 is 11.1 Å². The summed E-state index contributed by atoms with van der Waals surface area (Å²) in [5, 5.41) is 0. The Kier molecular flexibility index (Phi) is 2.74. The molecule has 6 rings (SSSR count). The Morgan fingerprint density at radius 3 is 1.56 bits per heavy atom. The van der Waals surface area contributed by atoms with Gasteiger partial charge in [0.25, 0.3) is 0 Å². The number of rotatable bonds is 0. The highest BCUT2D eigenvalue weighted by atomic mass is 35.6. The van der Waals surface area contributed by atoms with Gasteiger partial charge in [-0.05, 0) is 55.1 Å². The normalized spacial score (nSPS) is 23.8. The van der Waals surface area contributed by atoms with E-state index in [0.29, 0.717) is 46.0 Å². The van der Waals surface area contributed by atoms with Crippen molar-refractivity contribution in [2.24, 2.45) is 30.0 Å². The van der Waals surface area contributed by atoms with Gasteiger partial charge in [-0.25, -0.2) is 30.0 Å². The number of hydrogen-bond donors (Lipinski definition) is 0. The summed E-state index contributed by atoms with van der Waals surface area (Å²) in [5.74, 6) is 3.75. The molecule has 2 aromatic heterocycles. The van der Waals surface area contributed by atoms with E-state index in [1.54, 1.807) is 0 Å². The SMILES string of the molecule is C[Si]1(Cl)n2c3ccc2N=C2C=CC(=N2)N=c2ccc(n21)=NC1=NC(=N3)C=C1. The highest BCUT2D eigenvalue weighted by Gasteiger charge is 2.38. The summed E-state index contributed by atoms with van der Waals surface area (Å²) in [6, 6.07) is 7.62. The van der Waals surface area contributed by atoms with Gasteiger partial charge in [0.1, 0.15) is 22.6 Å². The maximum absolute atomic E-state index is 7.28. The molecule has 0 saturated carbocycles. The lowest BCUT2D eigenvalue weighted by molar-refractivity contribution is 0.943. The van der Waals surface area contributed by atoms with Crippen molar-refractivity contribution >= 4 is 53.8 Å². The summed E-state index contributed by atoms with van der Waals surface area (Å²) in [6.07, 6.45) is 7.36. The van der Waals surface area contributed by atoms with Crippen LogP contribution in [-0.2, 0) is 0 Å². The number of aromatic nitrogens is 2. The summed E-state index contributed by atoms with van der Waals surface area (Å²) in [6.45, 7) is 2.01. The number of hydrogen-bond acceptors (Lipinski definition) is 6. The Hall–Kier alpha value is -3.17. The fraction of sp³-hybridized carbons (Fsp3) is 0.0588. The standard InChI is InChI=1S/C17H11ClN8Si/c1-27(18)25-14-6-7-16(25)23-12-4-5-13(20-12)24-17-9-8-15(26(17)27)22-11-3-2-10(19-11)21-14/h2-9H,1H3. The molecule has 0 fully saturated rings. The molecule has 1 atom stereocenters. The van der Waals surface area contributed by atoms with E-state index in [1.807, 2.05) is 63.6 Å². The molecule has 2 aromatic rings. The third-order valence-electron chi connectivity index (χ3n) is 4.63. The van der Waals surface area contributed by atoms with Crippen molar-refractivity contribution in [1.82, 2.24) is 8.47 Å². The average molecular weight is 391 g/mol. The van der Waals surface area contributed by atoms with E-state index in [4.69, 9.17) is 11.1 Å². The van der Waals surface area contributed by atoms with Gasteiger partial charge in [0, 0.05) is 0 Å².